The van der Waals surface area contributed by atoms with E-state index in [1.54, 1.807) is 37.3 Å². The Labute approximate surface area is 180 Å². The van der Waals surface area contributed by atoms with Gasteiger partial charge in [-0.25, -0.2) is 12.8 Å². The predicted octanol–water partition coefficient (Wildman–Crippen LogP) is 4.15. The van der Waals surface area contributed by atoms with Crippen molar-refractivity contribution in [2.24, 2.45) is 0 Å². The molecule has 2 aromatic carbocycles. The van der Waals surface area contributed by atoms with Crippen LogP contribution in [0.25, 0.3) is 0 Å². The number of halogens is 1. The summed E-state index contributed by atoms with van der Waals surface area (Å²) < 4.78 is 52.0. The number of hydrogen-bond donors (Lipinski definition) is 0. The number of aromatic nitrogens is 2. The second-order valence-electron chi connectivity index (χ2n) is 7.56. The molecule has 1 unspecified atom stereocenters. The quantitative estimate of drug-likeness (QED) is 0.543. The number of rotatable bonds is 7. The molecule has 31 heavy (non-hydrogen) atoms. The van der Waals surface area contributed by atoms with Crippen LogP contribution in [0.3, 0.4) is 0 Å². The zero-order valence-corrected chi connectivity index (χ0v) is 18.0. The number of ether oxygens (including phenoxy) is 1. The Balaban J connectivity index is 1.47. The minimum absolute atomic E-state index is 0.0850. The van der Waals surface area contributed by atoms with Gasteiger partial charge in [0.25, 0.3) is 5.89 Å². The molecule has 2 heterocycles. The molecule has 3 aromatic rings. The van der Waals surface area contributed by atoms with Gasteiger partial charge in [-0.2, -0.15) is 9.29 Å². The molecule has 1 aliphatic rings. The maximum Gasteiger partial charge on any atom is 0.252 e. The van der Waals surface area contributed by atoms with Crippen molar-refractivity contribution in [3.63, 3.8) is 0 Å². The molecule has 0 radical (unpaired) electrons. The average Bonchev–Trinajstić information content (AvgIpc) is 3.24. The second kappa shape index (κ2) is 9.25. The molecule has 9 heteroatoms. The van der Waals surface area contributed by atoms with Gasteiger partial charge >= 0.3 is 0 Å². The van der Waals surface area contributed by atoms with Gasteiger partial charge in [0, 0.05) is 6.54 Å². The summed E-state index contributed by atoms with van der Waals surface area (Å²) in [4.78, 5) is 4.69. The first-order chi connectivity index (χ1) is 14.9. The molecule has 0 aliphatic carbocycles. The van der Waals surface area contributed by atoms with E-state index in [1.165, 1.54) is 16.4 Å². The van der Waals surface area contributed by atoms with E-state index in [0.29, 0.717) is 29.2 Å². The lowest BCUT2D eigenvalue weighted by Gasteiger charge is -2.33. The van der Waals surface area contributed by atoms with Gasteiger partial charge in [-0.1, -0.05) is 41.9 Å². The van der Waals surface area contributed by atoms with Gasteiger partial charge in [-0.15, -0.1) is 0 Å². The Kier molecular flexibility index (Phi) is 6.45. The van der Waals surface area contributed by atoms with Crippen molar-refractivity contribution in [2.75, 3.05) is 6.54 Å². The molecule has 1 fully saturated rings. The van der Waals surface area contributed by atoms with E-state index in [1.807, 2.05) is 6.07 Å². The topological polar surface area (TPSA) is 85.5 Å². The minimum Gasteiger partial charge on any atom is -0.367 e. The van der Waals surface area contributed by atoms with Crippen molar-refractivity contribution in [1.29, 1.82) is 0 Å². The summed E-state index contributed by atoms with van der Waals surface area (Å²) >= 11 is 0. The molecule has 164 valence electrons. The van der Waals surface area contributed by atoms with Crippen LogP contribution in [0, 0.1) is 12.7 Å². The fraction of sp³-hybridized carbons (Fsp3) is 0.364. The van der Waals surface area contributed by atoms with Crippen LogP contribution in [0.4, 0.5) is 4.39 Å². The molecule has 4 rings (SSSR count). The number of piperidine rings is 1. The molecule has 1 atom stereocenters. The van der Waals surface area contributed by atoms with E-state index in [-0.39, 0.29) is 24.9 Å². The second-order valence-corrected chi connectivity index (χ2v) is 9.42. The smallest absolute Gasteiger partial charge is 0.252 e. The first-order valence-electron chi connectivity index (χ1n) is 10.2. The highest BCUT2D eigenvalue weighted by Gasteiger charge is 2.37. The molecular formula is C22H24FN3O4S. The lowest BCUT2D eigenvalue weighted by molar-refractivity contribution is 0.0850. The summed E-state index contributed by atoms with van der Waals surface area (Å²) in [5, 5.41) is 4.04. The van der Waals surface area contributed by atoms with Crippen molar-refractivity contribution in [1.82, 2.24) is 14.4 Å². The van der Waals surface area contributed by atoms with Crippen LogP contribution in [0.1, 0.15) is 48.1 Å². The minimum atomic E-state index is -3.69. The van der Waals surface area contributed by atoms with Crippen LogP contribution < -0.4 is 0 Å². The van der Waals surface area contributed by atoms with Gasteiger partial charge in [0.05, 0.1) is 17.5 Å². The van der Waals surface area contributed by atoms with Crippen molar-refractivity contribution in [3.05, 3.63) is 77.2 Å². The summed E-state index contributed by atoms with van der Waals surface area (Å²) in [6, 6.07) is 12.5. The number of sulfonamides is 1. The maximum absolute atomic E-state index is 13.3. The predicted molar refractivity (Wildman–Crippen MR) is 111 cm³/mol. The Hall–Kier alpha value is -2.62. The van der Waals surface area contributed by atoms with Crippen molar-refractivity contribution >= 4 is 10.0 Å². The summed E-state index contributed by atoms with van der Waals surface area (Å²) in [5.41, 5.74) is 1.53. The first-order valence-corrected chi connectivity index (χ1v) is 11.6. The molecule has 0 bridgehead atoms. The van der Waals surface area contributed by atoms with Gasteiger partial charge < -0.3 is 9.26 Å². The largest absolute Gasteiger partial charge is 0.367 e. The average molecular weight is 446 g/mol. The SMILES string of the molecule is Cc1ccccc1S(=O)(=O)N1CCCCC1c1noc(COCc2ccc(F)cc2)n1. The Morgan fingerprint density at radius 1 is 1.13 bits per heavy atom. The summed E-state index contributed by atoms with van der Waals surface area (Å²) in [7, 11) is -3.69. The molecule has 0 saturated carbocycles. The van der Waals surface area contributed by atoms with Crippen LogP contribution in [-0.2, 0) is 28.0 Å². The van der Waals surface area contributed by atoms with Crippen LogP contribution in [-0.4, -0.2) is 29.4 Å². The summed E-state index contributed by atoms with van der Waals surface area (Å²) in [6.07, 6.45) is 2.29. The van der Waals surface area contributed by atoms with Gasteiger partial charge in [0.2, 0.25) is 10.0 Å². The van der Waals surface area contributed by atoms with E-state index in [0.717, 1.165) is 18.4 Å². The molecule has 1 saturated heterocycles. The van der Waals surface area contributed by atoms with Gasteiger partial charge in [0.15, 0.2) is 5.82 Å². The fourth-order valence-corrected chi connectivity index (χ4v) is 5.60. The molecule has 7 nitrogen and oxygen atoms in total. The molecule has 0 N–H and O–H groups in total. The molecular weight excluding hydrogens is 421 g/mol. The third-order valence-corrected chi connectivity index (χ3v) is 7.39. The van der Waals surface area contributed by atoms with E-state index in [9.17, 15) is 12.8 Å². The van der Waals surface area contributed by atoms with Crippen LogP contribution >= 0.6 is 0 Å². The number of nitrogens with zero attached hydrogens (tertiary/aromatic N) is 3. The Morgan fingerprint density at radius 2 is 1.90 bits per heavy atom. The highest BCUT2D eigenvalue weighted by Crippen LogP contribution is 2.35. The van der Waals surface area contributed by atoms with E-state index < -0.39 is 16.1 Å². The highest BCUT2D eigenvalue weighted by molar-refractivity contribution is 7.89. The highest BCUT2D eigenvalue weighted by atomic mass is 32.2. The summed E-state index contributed by atoms with van der Waals surface area (Å²) in [5.74, 6) is 0.316. The molecule has 0 amide bonds. The molecule has 1 aromatic heterocycles. The number of benzene rings is 2. The normalized spacial score (nSPS) is 17.7. The summed E-state index contributed by atoms with van der Waals surface area (Å²) in [6.45, 7) is 2.56. The number of hydrogen-bond acceptors (Lipinski definition) is 6. The standard InChI is InChI=1S/C22H24FN3O4S/c1-16-6-2-3-8-20(16)31(27,28)26-13-5-4-7-19(26)22-24-21(30-25-22)15-29-14-17-9-11-18(23)12-10-17/h2-3,6,8-12,19H,4-5,7,13-15H2,1H3. The van der Waals surface area contributed by atoms with Crippen molar-refractivity contribution in [3.8, 4) is 0 Å². The van der Waals surface area contributed by atoms with Gasteiger partial charge in [-0.3, -0.25) is 0 Å². The first kappa shape index (κ1) is 21.6. The number of aryl methyl sites for hydroxylation is 1. The molecule has 1 aliphatic heterocycles. The monoisotopic (exact) mass is 445 g/mol. The zero-order valence-electron chi connectivity index (χ0n) is 17.2. The van der Waals surface area contributed by atoms with Crippen molar-refractivity contribution in [2.45, 2.75) is 50.3 Å². The lowest BCUT2D eigenvalue weighted by Crippen LogP contribution is -2.39. The lowest BCUT2D eigenvalue weighted by atomic mass is 10.0. The zero-order chi connectivity index (χ0) is 21.8. The van der Waals surface area contributed by atoms with E-state index in [4.69, 9.17) is 9.26 Å². The van der Waals surface area contributed by atoms with Crippen molar-refractivity contribution < 1.29 is 22.1 Å². The van der Waals surface area contributed by atoms with Crippen LogP contribution in [0.15, 0.2) is 57.9 Å². The Bertz CT molecular complexity index is 1130. The third-order valence-electron chi connectivity index (χ3n) is 5.32. The van der Waals surface area contributed by atoms with E-state index in [2.05, 4.69) is 10.1 Å². The Morgan fingerprint density at radius 3 is 2.68 bits per heavy atom. The van der Waals surface area contributed by atoms with Crippen LogP contribution in [0.5, 0.6) is 0 Å². The van der Waals surface area contributed by atoms with Gasteiger partial charge in [-0.05, 0) is 49.1 Å². The van der Waals surface area contributed by atoms with Gasteiger partial charge in [0.1, 0.15) is 12.4 Å². The van der Waals surface area contributed by atoms with Crippen LogP contribution in [0.2, 0.25) is 0 Å². The third kappa shape index (κ3) is 4.84. The molecule has 0 spiro atoms. The maximum atomic E-state index is 13.3. The fourth-order valence-electron chi connectivity index (χ4n) is 3.72. The van der Waals surface area contributed by atoms with E-state index >= 15 is 0 Å².